The molecule has 1 amide bonds. The van der Waals surface area contributed by atoms with Gasteiger partial charge in [0, 0.05) is 5.56 Å². The van der Waals surface area contributed by atoms with Gasteiger partial charge in [-0.25, -0.2) is 4.79 Å². The van der Waals surface area contributed by atoms with Crippen molar-refractivity contribution in [3.05, 3.63) is 29.8 Å². The number of halogens is 3. The first kappa shape index (κ1) is 12.0. The Labute approximate surface area is 87.8 Å². The number of nitrogens with two attached hydrogens (primary N) is 1. The SMILES string of the molecule is NC(=O)c1ccc(OC(=O)C(F)(F)F)cc1. The summed E-state index contributed by atoms with van der Waals surface area (Å²) in [6.07, 6.45) is -5.05. The van der Waals surface area contributed by atoms with Gasteiger partial charge in [0.2, 0.25) is 5.91 Å². The Balaban J connectivity index is 2.77. The molecule has 16 heavy (non-hydrogen) atoms. The van der Waals surface area contributed by atoms with E-state index in [1.807, 2.05) is 0 Å². The minimum Gasteiger partial charge on any atom is -0.420 e. The van der Waals surface area contributed by atoms with Crippen LogP contribution in [0.1, 0.15) is 10.4 Å². The van der Waals surface area contributed by atoms with Gasteiger partial charge >= 0.3 is 12.1 Å². The molecule has 0 aliphatic rings. The number of benzene rings is 1. The average molecular weight is 233 g/mol. The molecule has 0 spiro atoms. The molecule has 7 heteroatoms. The molecule has 1 aromatic rings. The molecule has 0 heterocycles. The standard InChI is InChI=1S/C9H6F3NO3/c10-9(11,12)8(15)16-6-3-1-5(2-4-6)7(13)14/h1-4H,(H2,13,14). The summed E-state index contributed by atoms with van der Waals surface area (Å²) < 4.78 is 39.4. The number of amides is 1. The predicted molar refractivity (Wildman–Crippen MR) is 46.6 cm³/mol. The van der Waals surface area contributed by atoms with Crippen LogP contribution < -0.4 is 10.5 Å². The van der Waals surface area contributed by atoms with Crippen molar-refractivity contribution in [3.8, 4) is 5.75 Å². The van der Waals surface area contributed by atoms with E-state index in [2.05, 4.69) is 4.74 Å². The van der Waals surface area contributed by atoms with Crippen molar-refractivity contribution in [3.63, 3.8) is 0 Å². The van der Waals surface area contributed by atoms with Crippen LogP contribution in [0.5, 0.6) is 5.75 Å². The Morgan fingerprint density at radius 2 is 1.62 bits per heavy atom. The van der Waals surface area contributed by atoms with Gasteiger partial charge in [-0.3, -0.25) is 4.79 Å². The number of esters is 1. The lowest BCUT2D eigenvalue weighted by Gasteiger charge is -2.06. The minimum absolute atomic E-state index is 0.104. The van der Waals surface area contributed by atoms with Gasteiger partial charge in [0.15, 0.2) is 0 Å². The third-order valence-corrected chi connectivity index (χ3v) is 1.58. The van der Waals surface area contributed by atoms with Gasteiger partial charge in [0.1, 0.15) is 5.75 Å². The summed E-state index contributed by atoms with van der Waals surface area (Å²) in [4.78, 5) is 21.0. The molecule has 0 saturated carbocycles. The molecular weight excluding hydrogens is 227 g/mol. The summed E-state index contributed by atoms with van der Waals surface area (Å²) >= 11 is 0. The van der Waals surface area contributed by atoms with Gasteiger partial charge in [-0.15, -0.1) is 0 Å². The van der Waals surface area contributed by atoms with Crippen molar-refractivity contribution < 1.29 is 27.5 Å². The molecular formula is C9H6F3NO3. The monoisotopic (exact) mass is 233 g/mol. The second kappa shape index (κ2) is 4.21. The highest BCUT2D eigenvalue weighted by molar-refractivity contribution is 5.92. The van der Waals surface area contributed by atoms with Crippen molar-refractivity contribution in [2.45, 2.75) is 6.18 Å². The van der Waals surface area contributed by atoms with Gasteiger partial charge in [-0.05, 0) is 24.3 Å². The molecule has 4 nitrogen and oxygen atoms in total. The van der Waals surface area contributed by atoms with Gasteiger partial charge in [-0.1, -0.05) is 0 Å². The van der Waals surface area contributed by atoms with Crippen LogP contribution in [0, 0.1) is 0 Å². The second-order valence-corrected chi connectivity index (χ2v) is 2.78. The van der Waals surface area contributed by atoms with Crippen molar-refractivity contribution in [1.82, 2.24) is 0 Å². The number of primary amides is 1. The summed E-state index contributed by atoms with van der Waals surface area (Å²) in [6.45, 7) is 0. The summed E-state index contributed by atoms with van der Waals surface area (Å²) in [5.41, 5.74) is 5.01. The number of ether oxygens (including phenoxy) is 1. The second-order valence-electron chi connectivity index (χ2n) is 2.78. The smallest absolute Gasteiger partial charge is 0.420 e. The number of hydrogen-bond donors (Lipinski definition) is 1. The minimum atomic E-state index is -5.05. The van der Waals surface area contributed by atoms with E-state index in [0.717, 1.165) is 24.3 Å². The van der Waals surface area contributed by atoms with Crippen molar-refractivity contribution in [2.24, 2.45) is 5.73 Å². The van der Waals surface area contributed by atoms with Gasteiger partial charge < -0.3 is 10.5 Å². The van der Waals surface area contributed by atoms with Crippen LogP contribution in [0.4, 0.5) is 13.2 Å². The van der Waals surface area contributed by atoms with Crippen LogP contribution in [-0.2, 0) is 4.79 Å². The van der Waals surface area contributed by atoms with Crippen LogP contribution >= 0.6 is 0 Å². The first-order valence-electron chi connectivity index (χ1n) is 3.99. The number of alkyl halides is 3. The summed E-state index contributed by atoms with van der Waals surface area (Å²) in [6, 6.07) is 4.40. The van der Waals surface area contributed by atoms with Crippen LogP contribution in [0.3, 0.4) is 0 Å². The first-order valence-corrected chi connectivity index (χ1v) is 3.99. The zero-order chi connectivity index (χ0) is 12.3. The highest BCUT2D eigenvalue weighted by Crippen LogP contribution is 2.20. The Hall–Kier alpha value is -2.05. The van der Waals surface area contributed by atoms with E-state index >= 15 is 0 Å². The molecule has 0 atom stereocenters. The van der Waals surface area contributed by atoms with E-state index < -0.39 is 18.1 Å². The maximum absolute atomic E-state index is 11.8. The molecule has 2 N–H and O–H groups in total. The third kappa shape index (κ3) is 2.97. The molecule has 0 bridgehead atoms. The number of carbonyl (C=O) groups is 2. The zero-order valence-electron chi connectivity index (χ0n) is 7.75. The van der Waals surface area contributed by atoms with Crippen molar-refractivity contribution in [2.75, 3.05) is 0 Å². The van der Waals surface area contributed by atoms with Crippen LogP contribution in [0.25, 0.3) is 0 Å². The number of carbonyl (C=O) groups excluding carboxylic acids is 2. The maximum Gasteiger partial charge on any atom is 0.491 e. The quantitative estimate of drug-likeness (QED) is 0.617. The molecule has 1 aromatic carbocycles. The average Bonchev–Trinajstić information content (AvgIpc) is 2.17. The molecule has 86 valence electrons. The van der Waals surface area contributed by atoms with Gasteiger partial charge in [0.05, 0.1) is 0 Å². The van der Waals surface area contributed by atoms with E-state index in [0.29, 0.717) is 0 Å². The van der Waals surface area contributed by atoms with E-state index in [4.69, 9.17) is 5.73 Å². The first-order chi connectivity index (χ1) is 7.30. The summed E-state index contributed by atoms with van der Waals surface area (Å²) in [5.74, 6) is -3.36. The fourth-order valence-electron chi connectivity index (χ4n) is 0.852. The van der Waals surface area contributed by atoms with Gasteiger partial charge in [-0.2, -0.15) is 13.2 Å². The summed E-state index contributed by atoms with van der Waals surface area (Å²) in [7, 11) is 0. The fourth-order valence-corrected chi connectivity index (χ4v) is 0.852. The normalized spacial score (nSPS) is 10.9. The van der Waals surface area contributed by atoms with Crippen molar-refractivity contribution in [1.29, 1.82) is 0 Å². The van der Waals surface area contributed by atoms with E-state index in [9.17, 15) is 22.8 Å². The maximum atomic E-state index is 11.8. The van der Waals surface area contributed by atoms with Crippen molar-refractivity contribution >= 4 is 11.9 Å². The lowest BCUT2D eigenvalue weighted by molar-refractivity contribution is -0.189. The summed E-state index contributed by atoms with van der Waals surface area (Å²) in [5, 5.41) is 0. The highest BCUT2D eigenvalue weighted by atomic mass is 19.4. The third-order valence-electron chi connectivity index (χ3n) is 1.58. The lowest BCUT2D eigenvalue weighted by atomic mass is 10.2. The Morgan fingerprint density at radius 1 is 1.12 bits per heavy atom. The zero-order valence-corrected chi connectivity index (χ0v) is 7.75. The number of rotatable bonds is 2. The molecule has 0 fully saturated rings. The lowest BCUT2D eigenvalue weighted by Crippen LogP contribution is -2.27. The van der Waals surface area contributed by atoms with E-state index in [-0.39, 0.29) is 11.3 Å². The number of hydrogen-bond acceptors (Lipinski definition) is 3. The Bertz CT molecular complexity index is 411. The van der Waals surface area contributed by atoms with Crippen LogP contribution in [0.2, 0.25) is 0 Å². The topological polar surface area (TPSA) is 69.4 Å². The molecule has 1 rings (SSSR count). The van der Waals surface area contributed by atoms with Gasteiger partial charge in [0.25, 0.3) is 0 Å². The Morgan fingerprint density at radius 3 is 2.00 bits per heavy atom. The molecule has 0 aliphatic heterocycles. The van der Waals surface area contributed by atoms with E-state index in [1.165, 1.54) is 0 Å². The molecule has 0 radical (unpaired) electrons. The fraction of sp³-hybridized carbons (Fsp3) is 0.111. The molecule has 0 unspecified atom stereocenters. The Kier molecular flexibility index (Phi) is 3.17. The largest absolute Gasteiger partial charge is 0.491 e. The molecule has 0 saturated heterocycles. The molecule has 0 aliphatic carbocycles. The van der Waals surface area contributed by atoms with Crippen LogP contribution in [0.15, 0.2) is 24.3 Å². The molecule has 0 aromatic heterocycles. The predicted octanol–water partition coefficient (Wildman–Crippen LogP) is 1.25. The van der Waals surface area contributed by atoms with E-state index in [1.54, 1.807) is 0 Å². The van der Waals surface area contributed by atoms with Crippen LogP contribution in [-0.4, -0.2) is 18.1 Å². The highest BCUT2D eigenvalue weighted by Gasteiger charge is 2.41.